The van der Waals surface area contributed by atoms with E-state index in [4.69, 9.17) is 5.73 Å². The summed E-state index contributed by atoms with van der Waals surface area (Å²) < 4.78 is 0. The Bertz CT molecular complexity index is 365. The van der Waals surface area contributed by atoms with E-state index in [1.807, 2.05) is 6.08 Å². The maximum atomic E-state index is 5.44. The quantitative estimate of drug-likeness (QED) is 0.819. The Morgan fingerprint density at radius 3 is 2.47 bits per heavy atom. The maximum absolute atomic E-state index is 5.44. The van der Waals surface area contributed by atoms with Crippen LogP contribution in [0.25, 0.3) is 6.08 Å². The molecule has 0 spiro atoms. The maximum Gasteiger partial charge on any atom is 0.0399 e. The molecule has 0 heterocycles. The normalized spacial score (nSPS) is 11.0. The molecule has 0 aliphatic carbocycles. The predicted octanol–water partition coefficient (Wildman–Crippen LogP) is 2.34. The van der Waals surface area contributed by atoms with Crippen molar-refractivity contribution in [3.05, 3.63) is 34.9 Å². The van der Waals surface area contributed by atoms with Gasteiger partial charge in [-0.05, 0) is 36.6 Å². The molecule has 2 nitrogen and oxygen atoms in total. The summed E-state index contributed by atoms with van der Waals surface area (Å²) in [5, 5.41) is 0. The lowest BCUT2D eigenvalue weighted by atomic mass is 10.0. The van der Waals surface area contributed by atoms with Gasteiger partial charge in [-0.25, -0.2) is 0 Å². The second-order valence-corrected chi connectivity index (χ2v) is 4.01. The van der Waals surface area contributed by atoms with Crippen LogP contribution in [0.1, 0.15) is 16.7 Å². The molecule has 1 aromatic rings. The summed E-state index contributed by atoms with van der Waals surface area (Å²) in [6.45, 7) is 4.88. The molecule has 2 heteroatoms. The summed E-state index contributed by atoms with van der Waals surface area (Å²) in [6, 6.07) is 4.38. The number of rotatable bonds is 3. The summed E-state index contributed by atoms with van der Waals surface area (Å²) in [6.07, 6.45) is 4.04. The van der Waals surface area contributed by atoms with E-state index in [0.717, 1.165) is 0 Å². The van der Waals surface area contributed by atoms with Crippen LogP contribution in [-0.4, -0.2) is 20.6 Å². The molecule has 0 aromatic heterocycles. The van der Waals surface area contributed by atoms with Gasteiger partial charge in [-0.2, -0.15) is 0 Å². The molecule has 0 amide bonds. The van der Waals surface area contributed by atoms with E-state index in [1.54, 1.807) is 0 Å². The molecule has 2 N–H and O–H groups in total. The number of hydrogen-bond donors (Lipinski definition) is 1. The Kier molecular flexibility index (Phi) is 3.92. The third kappa shape index (κ3) is 2.83. The lowest BCUT2D eigenvalue weighted by Gasteiger charge is -2.18. The Labute approximate surface area is 92.4 Å². The molecule has 15 heavy (non-hydrogen) atoms. The molecule has 82 valence electrons. The Hall–Kier alpha value is -1.28. The average molecular weight is 204 g/mol. The monoisotopic (exact) mass is 204 g/mol. The first kappa shape index (κ1) is 11.8. The molecule has 0 saturated heterocycles. The third-order valence-corrected chi connectivity index (χ3v) is 2.59. The van der Waals surface area contributed by atoms with Crippen LogP contribution in [0.3, 0.4) is 0 Å². The first-order valence-electron chi connectivity index (χ1n) is 5.21. The molecule has 0 aliphatic heterocycles. The van der Waals surface area contributed by atoms with Gasteiger partial charge >= 0.3 is 0 Å². The summed E-state index contributed by atoms with van der Waals surface area (Å²) in [5.74, 6) is 0. The van der Waals surface area contributed by atoms with Crippen molar-refractivity contribution in [3.63, 3.8) is 0 Å². The largest absolute Gasteiger partial charge is 0.377 e. The van der Waals surface area contributed by atoms with Gasteiger partial charge in [-0.3, -0.25) is 0 Å². The molecular formula is C13H20N2. The zero-order chi connectivity index (χ0) is 11.4. The van der Waals surface area contributed by atoms with Crippen LogP contribution in [0.2, 0.25) is 0 Å². The average Bonchev–Trinajstić information content (AvgIpc) is 2.19. The van der Waals surface area contributed by atoms with Gasteiger partial charge in [0.05, 0.1) is 0 Å². The summed E-state index contributed by atoms with van der Waals surface area (Å²) >= 11 is 0. The zero-order valence-corrected chi connectivity index (χ0v) is 10.0. The fourth-order valence-corrected chi connectivity index (χ4v) is 1.63. The molecule has 0 saturated carbocycles. The van der Waals surface area contributed by atoms with Crippen LogP contribution < -0.4 is 10.6 Å². The summed E-state index contributed by atoms with van der Waals surface area (Å²) in [5.41, 5.74) is 10.6. The fraction of sp³-hybridized carbons (Fsp3) is 0.385. The van der Waals surface area contributed by atoms with Crippen molar-refractivity contribution >= 4 is 11.8 Å². The van der Waals surface area contributed by atoms with Crippen molar-refractivity contribution in [3.8, 4) is 0 Å². The zero-order valence-electron chi connectivity index (χ0n) is 10.0. The van der Waals surface area contributed by atoms with Gasteiger partial charge in [0.15, 0.2) is 0 Å². The minimum atomic E-state index is 0.588. The predicted molar refractivity (Wildman–Crippen MR) is 68.3 cm³/mol. The van der Waals surface area contributed by atoms with Gasteiger partial charge < -0.3 is 10.6 Å². The Morgan fingerprint density at radius 1 is 1.27 bits per heavy atom. The van der Waals surface area contributed by atoms with Crippen molar-refractivity contribution in [2.75, 3.05) is 25.5 Å². The highest BCUT2D eigenvalue weighted by Gasteiger charge is 2.04. The number of nitrogens with two attached hydrogens (primary N) is 1. The van der Waals surface area contributed by atoms with Crippen LogP contribution in [0.4, 0.5) is 5.69 Å². The van der Waals surface area contributed by atoms with E-state index >= 15 is 0 Å². The van der Waals surface area contributed by atoms with Crippen molar-refractivity contribution in [2.45, 2.75) is 13.8 Å². The van der Waals surface area contributed by atoms with Crippen LogP contribution in [-0.2, 0) is 0 Å². The fourth-order valence-electron chi connectivity index (χ4n) is 1.63. The van der Waals surface area contributed by atoms with Crippen molar-refractivity contribution in [1.29, 1.82) is 0 Å². The standard InChI is InChI=1S/C13H20N2/c1-10-8-12(6-5-7-14)9-13(11(10)2)15(3)4/h5-6,8-9H,7,14H2,1-4H3/b6-5+. The molecule has 0 aliphatic rings. The molecule has 0 unspecified atom stereocenters. The Balaban J connectivity index is 3.17. The van der Waals surface area contributed by atoms with Crippen LogP contribution in [0.5, 0.6) is 0 Å². The molecule has 0 atom stereocenters. The van der Waals surface area contributed by atoms with Crippen LogP contribution in [0, 0.1) is 13.8 Å². The van der Waals surface area contributed by atoms with E-state index < -0.39 is 0 Å². The van der Waals surface area contributed by atoms with Crippen molar-refractivity contribution < 1.29 is 0 Å². The highest BCUT2D eigenvalue weighted by Crippen LogP contribution is 2.24. The summed E-state index contributed by atoms with van der Waals surface area (Å²) in [4.78, 5) is 2.14. The number of anilines is 1. The first-order chi connectivity index (χ1) is 7.06. The topological polar surface area (TPSA) is 29.3 Å². The molecule has 1 rings (SSSR count). The first-order valence-corrected chi connectivity index (χ1v) is 5.21. The lowest BCUT2D eigenvalue weighted by Crippen LogP contribution is -2.11. The van der Waals surface area contributed by atoms with E-state index in [9.17, 15) is 0 Å². The van der Waals surface area contributed by atoms with Gasteiger partial charge in [0.2, 0.25) is 0 Å². The van der Waals surface area contributed by atoms with E-state index in [2.05, 4.69) is 51.1 Å². The SMILES string of the molecule is Cc1cc(/C=C/CN)cc(N(C)C)c1C. The van der Waals surface area contributed by atoms with Crippen molar-refractivity contribution in [2.24, 2.45) is 5.73 Å². The molecule has 0 fully saturated rings. The van der Waals surface area contributed by atoms with Gasteiger partial charge in [-0.1, -0.05) is 18.2 Å². The molecule has 0 radical (unpaired) electrons. The highest BCUT2D eigenvalue weighted by atomic mass is 15.1. The second kappa shape index (κ2) is 4.99. The van der Waals surface area contributed by atoms with Crippen LogP contribution in [0.15, 0.2) is 18.2 Å². The van der Waals surface area contributed by atoms with E-state index in [-0.39, 0.29) is 0 Å². The van der Waals surface area contributed by atoms with Gasteiger partial charge in [0, 0.05) is 26.3 Å². The van der Waals surface area contributed by atoms with Gasteiger partial charge in [0.25, 0.3) is 0 Å². The lowest BCUT2D eigenvalue weighted by molar-refractivity contribution is 1.10. The number of benzene rings is 1. The Morgan fingerprint density at radius 2 is 1.93 bits per heavy atom. The van der Waals surface area contributed by atoms with Crippen LogP contribution >= 0.6 is 0 Å². The number of hydrogen-bond acceptors (Lipinski definition) is 2. The molecule has 0 bridgehead atoms. The van der Waals surface area contributed by atoms with Gasteiger partial charge in [-0.15, -0.1) is 0 Å². The molecular weight excluding hydrogens is 184 g/mol. The van der Waals surface area contributed by atoms with Crippen molar-refractivity contribution in [1.82, 2.24) is 0 Å². The minimum Gasteiger partial charge on any atom is -0.377 e. The minimum absolute atomic E-state index is 0.588. The van der Waals surface area contributed by atoms with E-state index in [0.29, 0.717) is 6.54 Å². The number of aryl methyl sites for hydroxylation is 1. The van der Waals surface area contributed by atoms with E-state index in [1.165, 1.54) is 22.4 Å². The highest BCUT2D eigenvalue weighted by molar-refractivity contribution is 5.64. The van der Waals surface area contributed by atoms with Gasteiger partial charge in [0.1, 0.15) is 0 Å². The molecule has 1 aromatic carbocycles. The number of nitrogens with zero attached hydrogens (tertiary/aromatic N) is 1. The summed E-state index contributed by atoms with van der Waals surface area (Å²) in [7, 11) is 4.14. The second-order valence-electron chi connectivity index (χ2n) is 4.01. The third-order valence-electron chi connectivity index (χ3n) is 2.59. The smallest absolute Gasteiger partial charge is 0.0399 e.